The second-order valence-corrected chi connectivity index (χ2v) is 4.59. The van der Waals surface area contributed by atoms with Gasteiger partial charge in [-0.05, 0) is 11.8 Å². The molecule has 1 atom stereocenters. The zero-order chi connectivity index (χ0) is 10.8. The van der Waals surface area contributed by atoms with Crippen LogP contribution in [0.1, 0.15) is 20.8 Å². The predicted molar refractivity (Wildman–Crippen MR) is 63.5 cm³/mol. The SMILES string of the molecule is CC(C)C1=CC=C2C=N[NH2+]CC2=CC1C. The molecule has 0 spiro atoms. The summed E-state index contributed by atoms with van der Waals surface area (Å²) in [6.45, 7) is 7.77. The largest absolute Gasteiger partial charge is 0.216 e. The maximum Gasteiger partial charge on any atom is 0.126 e. The van der Waals surface area contributed by atoms with E-state index in [0.29, 0.717) is 11.8 Å². The fourth-order valence-corrected chi connectivity index (χ4v) is 2.25. The van der Waals surface area contributed by atoms with E-state index in [1.54, 1.807) is 0 Å². The summed E-state index contributed by atoms with van der Waals surface area (Å²) < 4.78 is 0. The number of nitrogens with two attached hydrogens (primary N) is 1. The van der Waals surface area contributed by atoms with Gasteiger partial charge >= 0.3 is 0 Å². The van der Waals surface area contributed by atoms with E-state index in [0.717, 1.165) is 6.54 Å². The quantitative estimate of drug-likeness (QED) is 0.628. The molecule has 0 saturated carbocycles. The molecular formula is C13H19N2+. The average Bonchev–Trinajstić information content (AvgIpc) is 2.35. The van der Waals surface area contributed by atoms with Gasteiger partial charge in [-0.3, -0.25) is 0 Å². The summed E-state index contributed by atoms with van der Waals surface area (Å²) in [4.78, 5) is 0. The molecule has 1 aliphatic carbocycles. The lowest BCUT2D eigenvalue weighted by Gasteiger charge is -2.15. The van der Waals surface area contributed by atoms with E-state index < -0.39 is 0 Å². The third kappa shape index (κ3) is 2.10. The molecule has 0 amide bonds. The Morgan fingerprint density at radius 2 is 2.20 bits per heavy atom. The van der Waals surface area contributed by atoms with E-state index >= 15 is 0 Å². The van der Waals surface area contributed by atoms with Crippen LogP contribution in [0.5, 0.6) is 0 Å². The van der Waals surface area contributed by atoms with Crippen molar-refractivity contribution < 1.29 is 5.43 Å². The molecular weight excluding hydrogens is 184 g/mol. The Bertz CT molecular complexity index is 370. The molecule has 2 aliphatic rings. The minimum atomic E-state index is 0.550. The highest BCUT2D eigenvalue weighted by Crippen LogP contribution is 2.26. The van der Waals surface area contributed by atoms with Gasteiger partial charge in [0, 0.05) is 11.1 Å². The van der Waals surface area contributed by atoms with Crippen LogP contribution in [0.3, 0.4) is 0 Å². The van der Waals surface area contributed by atoms with E-state index in [9.17, 15) is 0 Å². The molecule has 2 nitrogen and oxygen atoms in total. The lowest BCUT2D eigenvalue weighted by Crippen LogP contribution is -2.79. The maximum absolute atomic E-state index is 4.21. The number of fused-ring (bicyclic) bond motifs is 1. The molecule has 2 heteroatoms. The number of hydrogen-bond donors (Lipinski definition) is 1. The summed E-state index contributed by atoms with van der Waals surface area (Å²) in [7, 11) is 0. The number of nitrogens with zero attached hydrogens (tertiary/aromatic N) is 1. The van der Waals surface area contributed by atoms with Gasteiger partial charge in [-0.25, -0.2) is 5.43 Å². The summed E-state index contributed by atoms with van der Waals surface area (Å²) >= 11 is 0. The molecule has 2 rings (SSSR count). The van der Waals surface area contributed by atoms with Gasteiger partial charge in [-0.15, -0.1) is 0 Å². The fraction of sp³-hybridized carbons (Fsp3) is 0.462. The first-order valence-corrected chi connectivity index (χ1v) is 5.66. The predicted octanol–water partition coefficient (Wildman–Crippen LogP) is 1.63. The van der Waals surface area contributed by atoms with E-state index in [1.807, 2.05) is 11.6 Å². The van der Waals surface area contributed by atoms with Gasteiger partial charge < -0.3 is 0 Å². The summed E-state index contributed by atoms with van der Waals surface area (Å²) in [6.07, 6.45) is 8.82. The highest BCUT2D eigenvalue weighted by atomic mass is 15.3. The topological polar surface area (TPSA) is 29.0 Å². The van der Waals surface area contributed by atoms with Gasteiger partial charge in [0.15, 0.2) is 0 Å². The fourth-order valence-electron chi connectivity index (χ4n) is 2.25. The van der Waals surface area contributed by atoms with Crippen molar-refractivity contribution in [2.24, 2.45) is 16.9 Å². The molecule has 1 aliphatic heterocycles. The lowest BCUT2D eigenvalue weighted by molar-refractivity contribution is -0.654. The van der Waals surface area contributed by atoms with Crippen molar-refractivity contribution in [1.29, 1.82) is 0 Å². The Balaban J connectivity index is 2.37. The minimum Gasteiger partial charge on any atom is -0.216 e. The first kappa shape index (κ1) is 10.4. The molecule has 0 bridgehead atoms. The molecule has 15 heavy (non-hydrogen) atoms. The minimum absolute atomic E-state index is 0.550. The number of allylic oxidation sites excluding steroid dienone is 4. The normalized spacial score (nSPS) is 25.3. The van der Waals surface area contributed by atoms with Crippen LogP contribution in [0.15, 0.2) is 40.0 Å². The zero-order valence-electron chi connectivity index (χ0n) is 9.70. The van der Waals surface area contributed by atoms with Crippen molar-refractivity contribution in [3.05, 3.63) is 34.9 Å². The van der Waals surface area contributed by atoms with Crippen LogP contribution in [-0.2, 0) is 0 Å². The summed E-state index contributed by atoms with van der Waals surface area (Å²) in [5, 5.41) is 4.21. The van der Waals surface area contributed by atoms with Gasteiger partial charge in [0.05, 0.1) is 6.21 Å². The highest BCUT2D eigenvalue weighted by molar-refractivity contribution is 5.85. The molecule has 0 saturated heterocycles. The average molecular weight is 203 g/mol. The number of rotatable bonds is 1. The van der Waals surface area contributed by atoms with E-state index in [1.165, 1.54) is 16.7 Å². The third-order valence-corrected chi connectivity index (χ3v) is 3.10. The number of hydrogen-bond acceptors (Lipinski definition) is 1. The van der Waals surface area contributed by atoms with Crippen LogP contribution in [0.25, 0.3) is 0 Å². The Kier molecular flexibility index (Phi) is 2.87. The molecule has 0 radical (unpaired) electrons. The second kappa shape index (κ2) is 4.15. The van der Waals surface area contributed by atoms with Crippen molar-refractivity contribution in [2.45, 2.75) is 20.8 Å². The monoisotopic (exact) mass is 203 g/mol. The van der Waals surface area contributed by atoms with Crippen molar-refractivity contribution in [1.82, 2.24) is 0 Å². The van der Waals surface area contributed by atoms with Crippen LogP contribution in [0.4, 0.5) is 0 Å². The second-order valence-electron chi connectivity index (χ2n) is 4.59. The number of quaternary nitrogens is 1. The van der Waals surface area contributed by atoms with Gasteiger partial charge in [-0.2, -0.15) is 0 Å². The van der Waals surface area contributed by atoms with Gasteiger partial charge in [0.1, 0.15) is 6.54 Å². The van der Waals surface area contributed by atoms with Crippen LogP contribution in [0.2, 0.25) is 0 Å². The Labute approximate surface area is 91.5 Å². The molecule has 0 aromatic rings. The summed E-state index contributed by atoms with van der Waals surface area (Å²) in [6, 6.07) is 0. The standard InChI is InChI=1S/C13H18N2/c1-9(2)13-5-4-11-7-14-15-8-12(11)6-10(13)3/h4-7,9-10,15H,8H2,1-3H3/p+1. The third-order valence-electron chi connectivity index (χ3n) is 3.10. The first-order chi connectivity index (χ1) is 7.18. The smallest absolute Gasteiger partial charge is 0.126 e. The summed E-state index contributed by atoms with van der Waals surface area (Å²) in [5.74, 6) is 1.17. The lowest BCUT2D eigenvalue weighted by atomic mass is 9.90. The van der Waals surface area contributed by atoms with Crippen molar-refractivity contribution in [3.63, 3.8) is 0 Å². The molecule has 0 aromatic carbocycles. The first-order valence-electron chi connectivity index (χ1n) is 5.66. The van der Waals surface area contributed by atoms with Crippen molar-refractivity contribution in [2.75, 3.05) is 6.54 Å². The Morgan fingerprint density at radius 1 is 1.40 bits per heavy atom. The van der Waals surface area contributed by atoms with E-state index in [4.69, 9.17) is 0 Å². The molecule has 0 aromatic heterocycles. The molecule has 1 unspecified atom stereocenters. The van der Waals surface area contributed by atoms with Crippen LogP contribution < -0.4 is 5.43 Å². The van der Waals surface area contributed by atoms with Crippen LogP contribution in [-0.4, -0.2) is 12.8 Å². The van der Waals surface area contributed by atoms with Gasteiger partial charge in [0.25, 0.3) is 0 Å². The Hall–Kier alpha value is -1.15. The van der Waals surface area contributed by atoms with Crippen molar-refractivity contribution in [3.8, 4) is 0 Å². The molecule has 0 fully saturated rings. The van der Waals surface area contributed by atoms with Crippen LogP contribution in [0, 0.1) is 11.8 Å². The zero-order valence-corrected chi connectivity index (χ0v) is 9.70. The molecule has 2 N–H and O–H groups in total. The molecule has 1 heterocycles. The van der Waals surface area contributed by atoms with Gasteiger partial charge in [0.2, 0.25) is 0 Å². The highest BCUT2D eigenvalue weighted by Gasteiger charge is 2.18. The van der Waals surface area contributed by atoms with E-state index in [-0.39, 0.29) is 0 Å². The summed E-state index contributed by atoms with van der Waals surface area (Å²) in [5.41, 5.74) is 6.19. The molecule has 80 valence electrons. The van der Waals surface area contributed by atoms with E-state index in [2.05, 4.69) is 44.1 Å². The maximum atomic E-state index is 4.21. The van der Waals surface area contributed by atoms with Crippen LogP contribution >= 0.6 is 0 Å². The Morgan fingerprint density at radius 3 is 2.93 bits per heavy atom. The van der Waals surface area contributed by atoms with Crippen molar-refractivity contribution >= 4 is 6.21 Å². The van der Waals surface area contributed by atoms with Gasteiger partial charge in [-0.1, -0.05) is 49.7 Å².